The molecule has 0 fully saturated rings. The van der Waals surface area contributed by atoms with Gasteiger partial charge in [-0.05, 0) is 49.7 Å². The number of hydrogen-bond donors (Lipinski definition) is 2. The van der Waals surface area contributed by atoms with Crippen LogP contribution in [0, 0.1) is 0 Å². The monoisotopic (exact) mass is 344 g/mol. The molecule has 2 N–H and O–H groups in total. The van der Waals surface area contributed by atoms with Crippen LogP contribution >= 0.6 is 0 Å². The van der Waals surface area contributed by atoms with E-state index in [9.17, 15) is 14.4 Å². The molecule has 1 aromatic heterocycles. The van der Waals surface area contributed by atoms with Crippen LogP contribution in [-0.2, 0) is 9.53 Å². The van der Waals surface area contributed by atoms with Crippen molar-refractivity contribution in [2.75, 3.05) is 18.5 Å². The quantitative estimate of drug-likeness (QED) is 0.567. The van der Waals surface area contributed by atoms with Crippen LogP contribution in [0.25, 0.3) is 0 Å². The maximum absolute atomic E-state index is 11.9. The van der Waals surface area contributed by atoms with Crippen LogP contribution in [0.3, 0.4) is 0 Å². The fourth-order valence-electron chi connectivity index (χ4n) is 2.07. The second-order valence-electron chi connectivity index (χ2n) is 5.18. The molecular formula is C18H20N2O5. The van der Waals surface area contributed by atoms with Gasteiger partial charge in [-0.1, -0.05) is 0 Å². The lowest BCUT2D eigenvalue weighted by atomic mass is 10.2. The molecule has 25 heavy (non-hydrogen) atoms. The second-order valence-corrected chi connectivity index (χ2v) is 5.18. The molecule has 2 aromatic rings. The van der Waals surface area contributed by atoms with E-state index in [0.717, 1.165) is 0 Å². The maximum Gasteiger partial charge on any atom is 0.338 e. The Bertz CT molecular complexity index is 708. The summed E-state index contributed by atoms with van der Waals surface area (Å²) in [6.45, 7) is 2.42. The van der Waals surface area contributed by atoms with E-state index in [1.165, 1.54) is 6.26 Å². The van der Waals surface area contributed by atoms with Gasteiger partial charge in [0.15, 0.2) is 5.76 Å². The molecule has 0 saturated heterocycles. The fourth-order valence-corrected chi connectivity index (χ4v) is 2.07. The highest BCUT2D eigenvalue weighted by Gasteiger charge is 2.09. The van der Waals surface area contributed by atoms with Crippen LogP contribution in [0.2, 0.25) is 0 Å². The zero-order chi connectivity index (χ0) is 18.1. The highest BCUT2D eigenvalue weighted by Crippen LogP contribution is 2.11. The van der Waals surface area contributed by atoms with E-state index in [2.05, 4.69) is 10.6 Å². The van der Waals surface area contributed by atoms with Crippen molar-refractivity contribution in [1.82, 2.24) is 5.32 Å². The summed E-state index contributed by atoms with van der Waals surface area (Å²) in [5.74, 6) is -0.630. The van der Waals surface area contributed by atoms with Crippen molar-refractivity contribution in [3.05, 3.63) is 54.0 Å². The molecule has 2 amide bonds. The van der Waals surface area contributed by atoms with Crippen LogP contribution in [0.4, 0.5) is 5.69 Å². The molecule has 0 aliphatic heterocycles. The predicted octanol–water partition coefficient (Wildman–Crippen LogP) is 2.61. The topological polar surface area (TPSA) is 97.6 Å². The van der Waals surface area contributed by atoms with Gasteiger partial charge in [0.25, 0.3) is 5.91 Å². The van der Waals surface area contributed by atoms with Crippen molar-refractivity contribution < 1.29 is 23.5 Å². The van der Waals surface area contributed by atoms with Crippen LogP contribution in [-0.4, -0.2) is 30.9 Å². The molecule has 7 nitrogen and oxygen atoms in total. The molecule has 7 heteroatoms. The third-order valence-corrected chi connectivity index (χ3v) is 3.29. The number of ether oxygens (including phenoxy) is 1. The molecule has 2 rings (SSSR count). The number of furan rings is 1. The molecule has 0 radical (unpaired) electrons. The lowest BCUT2D eigenvalue weighted by Crippen LogP contribution is -2.25. The van der Waals surface area contributed by atoms with Gasteiger partial charge in [0.1, 0.15) is 0 Å². The van der Waals surface area contributed by atoms with Crippen molar-refractivity contribution in [3.63, 3.8) is 0 Å². The van der Waals surface area contributed by atoms with Crippen LogP contribution < -0.4 is 10.6 Å². The predicted molar refractivity (Wildman–Crippen MR) is 91.3 cm³/mol. The first-order chi connectivity index (χ1) is 12.1. The van der Waals surface area contributed by atoms with Gasteiger partial charge in [0.2, 0.25) is 5.91 Å². The zero-order valence-corrected chi connectivity index (χ0v) is 13.9. The molecule has 0 aliphatic rings. The molecule has 1 heterocycles. The normalized spacial score (nSPS) is 10.1. The minimum Gasteiger partial charge on any atom is -0.462 e. The van der Waals surface area contributed by atoms with E-state index in [1.807, 2.05) is 0 Å². The number of benzene rings is 1. The highest BCUT2D eigenvalue weighted by molar-refractivity contribution is 5.93. The number of hydrogen-bond acceptors (Lipinski definition) is 5. The Balaban J connectivity index is 1.69. The van der Waals surface area contributed by atoms with Crippen LogP contribution in [0.15, 0.2) is 47.1 Å². The molecule has 0 saturated carbocycles. The lowest BCUT2D eigenvalue weighted by molar-refractivity contribution is -0.116. The summed E-state index contributed by atoms with van der Waals surface area (Å²) in [5.41, 5.74) is 1.03. The van der Waals surface area contributed by atoms with E-state index < -0.39 is 5.97 Å². The van der Waals surface area contributed by atoms with Gasteiger partial charge in [0.05, 0.1) is 18.4 Å². The Morgan fingerprint density at radius 3 is 2.52 bits per heavy atom. The Labute approximate surface area is 145 Å². The highest BCUT2D eigenvalue weighted by atomic mass is 16.5. The third kappa shape index (κ3) is 5.80. The Kier molecular flexibility index (Phi) is 6.76. The van der Waals surface area contributed by atoms with Gasteiger partial charge >= 0.3 is 5.97 Å². The first-order valence-corrected chi connectivity index (χ1v) is 7.99. The van der Waals surface area contributed by atoms with Crippen LogP contribution in [0.1, 0.15) is 40.7 Å². The number of carbonyl (C=O) groups excluding carboxylic acids is 3. The van der Waals surface area contributed by atoms with Gasteiger partial charge in [-0.3, -0.25) is 9.59 Å². The molecule has 0 aliphatic carbocycles. The van der Waals surface area contributed by atoms with E-state index in [4.69, 9.17) is 9.15 Å². The van der Waals surface area contributed by atoms with E-state index in [-0.39, 0.29) is 24.0 Å². The zero-order valence-electron chi connectivity index (χ0n) is 13.9. The first-order valence-electron chi connectivity index (χ1n) is 7.99. The van der Waals surface area contributed by atoms with E-state index in [1.54, 1.807) is 43.3 Å². The Hall–Kier alpha value is -3.09. The van der Waals surface area contributed by atoms with Gasteiger partial charge in [-0.15, -0.1) is 0 Å². The Morgan fingerprint density at radius 2 is 1.88 bits per heavy atom. The van der Waals surface area contributed by atoms with E-state index >= 15 is 0 Å². The summed E-state index contributed by atoms with van der Waals surface area (Å²) in [7, 11) is 0. The molecule has 132 valence electrons. The second kappa shape index (κ2) is 9.27. The average Bonchev–Trinajstić information content (AvgIpc) is 3.14. The minimum absolute atomic E-state index is 0.170. The maximum atomic E-state index is 11.9. The molecule has 0 atom stereocenters. The smallest absolute Gasteiger partial charge is 0.338 e. The van der Waals surface area contributed by atoms with Crippen molar-refractivity contribution in [2.45, 2.75) is 19.8 Å². The van der Waals surface area contributed by atoms with Gasteiger partial charge < -0.3 is 19.8 Å². The number of amides is 2. The minimum atomic E-state index is -0.396. The lowest BCUT2D eigenvalue weighted by Gasteiger charge is -2.07. The number of rotatable bonds is 8. The van der Waals surface area contributed by atoms with Gasteiger partial charge in [-0.2, -0.15) is 0 Å². The SMILES string of the molecule is CCOC(=O)c1ccc(NC(=O)CCCNC(=O)c2ccco2)cc1. The largest absolute Gasteiger partial charge is 0.462 e. The summed E-state index contributed by atoms with van der Waals surface area (Å²) in [6.07, 6.45) is 2.19. The Morgan fingerprint density at radius 1 is 1.12 bits per heavy atom. The summed E-state index contributed by atoms with van der Waals surface area (Å²) < 4.78 is 9.86. The summed E-state index contributed by atoms with van der Waals surface area (Å²) in [4.78, 5) is 35.0. The molecule has 1 aromatic carbocycles. The number of esters is 1. The van der Waals surface area contributed by atoms with Crippen LogP contribution in [0.5, 0.6) is 0 Å². The van der Waals surface area contributed by atoms with Crippen molar-refractivity contribution in [3.8, 4) is 0 Å². The summed E-state index contributed by atoms with van der Waals surface area (Å²) in [6, 6.07) is 9.68. The first kappa shape index (κ1) is 18.3. The fraction of sp³-hybridized carbons (Fsp3) is 0.278. The molecule has 0 spiro atoms. The van der Waals surface area contributed by atoms with E-state index in [0.29, 0.717) is 30.8 Å². The summed E-state index contributed by atoms with van der Waals surface area (Å²) >= 11 is 0. The molecule has 0 unspecified atom stereocenters. The van der Waals surface area contributed by atoms with Gasteiger partial charge in [-0.25, -0.2) is 4.79 Å². The van der Waals surface area contributed by atoms with Crippen molar-refractivity contribution >= 4 is 23.5 Å². The number of anilines is 1. The third-order valence-electron chi connectivity index (χ3n) is 3.29. The van der Waals surface area contributed by atoms with Gasteiger partial charge in [0, 0.05) is 18.7 Å². The average molecular weight is 344 g/mol. The molecular weight excluding hydrogens is 324 g/mol. The standard InChI is InChI=1S/C18H20N2O5/c1-2-24-18(23)13-7-9-14(10-8-13)20-16(21)6-3-11-19-17(22)15-5-4-12-25-15/h4-5,7-10,12H,2-3,6,11H2,1H3,(H,19,22)(H,20,21). The number of nitrogens with one attached hydrogen (secondary N) is 2. The number of carbonyl (C=O) groups is 3. The molecule has 0 bridgehead atoms. The van der Waals surface area contributed by atoms with Crippen molar-refractivity contribution in [1.29, 1.82) is 0 Å². The van der Waals surface area contributed by atoms with Crippen molar-refractivity contribution in [2.24, 2.45) is 0 Å². The summed E-state index contributed by atoms with van der Waals surface area (Å²) in [5, 5.41) is 5.41.